The van der Waals surface area contributed by atoms with Crippen LogP contribution < -0.4 is 4.90 Å². The molecule has 0 N–H and O–H groups in total. The van der Waals surface area contributed by atoms with Gasteiger partial charge in [0.2, 0.25) is 0 Å². The molecule has 0 amide bonds. The van der Waals surface area contributed by atoms with Crippen LogP contribution in [0.2, 0.25) is 5.15 Å². The van der Waals surface area contributed by atoms with Crippen LogP contribution in [0.1, 0.15) is 44.3 Å². The molecule has 2 fully saturated rings. The highest BCUT2D eigenvalue weighted by Gasteiger charge is 2.32. The highest BCUT2D eigenvalue weighted by Crippen LogP contribution is 2.40. The normalized spacial score (nSPS) is 21.4. The van der Waals surface area contributed by atoms with Gasteiger partial charge >= 0.3 is 0 Å². The molecule has 4 heteroatoms. The Labute approximate surface area is 107 Å². The monoisotopic (exact) mass is 251 g/mol. The molecule has 0 aromatic carbocycles. The molecule has 0 bridgehead atoms. The number of anilines is 1. The molecular weight excluding hydrogens is 234 g/mol. The van der Waals surface area contributed by atoms with Crippen molar-refractivity contribution in [2.75, 3.05) is 11.9 Å². The van der Waals surface area contributed by atoms with Gasteiger partial charge in [-0.05, 0) is 38.5 Å². The molecule has 0 aliphatic heterocycles. The number of hydrogen-bond acceptors (Lipinski definition) is 3. The van der Waals surface area contributed by atoms with E-state index < -0.39 is 0 Å². The highest BCUT2D eigenvalue weighted by atomic mass is 35.5. The predicted molar refractivity (Wildman–Crippen MR) is 69.6 cm³/mol. The number of rotatable bonds is 4. The maximum Gasteiger partial charge on any atom is 0.135 e. The molecule has 2 aliphatic carbocycles. The van der Waals surface area contributed by atoms with Gasteiger partial charge in [-0.25, -0.2) is 9.97 Å². The lowest BCUT2D eigenvalue weighted by atomic mass is 10.2. The van der Waals surface area contributed by atoms with Crippen LogP contribution in [0.3, 0.4) is 0 Å². The van der Waals surface area contributed by atoms with Crippen molar-refractivity contribution >= 4 is 17.4 Å². The zero-order valence-corrected chi connectivity index (χ0v) is 11.1. The SMILES string of the molecule is CC(C1CC1)N(C)c1cc(Cl)nc(C2CC2)n1. The fraction of sp³-hybridized carbons (Fsp3) is 0.692. The van der Waals surface area contributed by atoms with Crippen molar-refractivity contribution in [2.24, 2.45) is 5.92 Å². The molecule has 0 spiro atoms. The van der Waals surface area contributed by atoms with Gasteiger partial charge in [0.25, 0.3) is 0 Å². The van der Waals surface area contributed by atoms with E-state index in [9.17, 15) is 0 Å². The van der Waals surface area contributed by atoms with E-state index in [1.165, 1.54) is 25.7 Å². The standard InChI is InChI=1S/C13H18ClN3/c1-8(9-3-4-9)17(2)12-7-11(14)15-13(16-12)10-5-6-10/h7-10H,3-6H2,1-2H3. The average Bonchev–Trinajstić information content (AvgIpc) is 3.19. The van der Waals surface area contributed by atoms with E-state index in [0.29, 0.717) is 17.1 Å². The van der Waals surface area contributed by atoms with Crippen LogP contribution in [0.4, 0.5) is 5.82 Å². The first-order chi connectivity index (χ1) is 8.15. The van der Waals surface area contributed by atoms with Gasteiger partial charge in [0, 0.05) is 25.1 Å². The van der Waals surface area contributed by atoms with Crippen molar-refractivity contribution in [1.29, 1.82) is 0 Å². The maximum absolute atomic E-state index is 6.09. The summed E-state index contributed by atoms with van der Waals surface area (Å²) >= 11 is 6.09. The summed E-state index contributed by atoms with van der Waals surface area (Å²) in [5.41, 5.74) is 0. The summed E-state index contributed by atoms with van der Waals surface area (Å²) in [5.74, 6) is 3.30. The summed E-state index contributed by atoms with van der Waals surface area (Å²) in [6, 6.07) is 2.43. The topological polar surface area (TPSA) is 29.0 Å². The highest BCUT2D eigenvalue weighted by molar-refractivity contribution is 6.29. The minimum Gasteiger partial charge on any atom is -0.357 e. The first kappa shape index (κ1) is 11.3. The van der Waals surface area contributed by atoms with Crippen LogP contribution in [-0.4, -0.2) is 23.1 Å². The van der Waals surface area contributed by atoms with Gasteiger partial charge in [0.15, 0.2) is 0 Å². The fourth-order valence-electron chi connectivity index (χ4n) is 2.23. The minimum atomic E-state index is 0.549. The second-order valence-electron chi connectivity index (χ2n) is 5.37. The second kappa shape index (κ2) is 4.13. The van der Waals surface area contributed by atoms with Gasteiger partial charge in [-0.15, -0.1) is 0 Å². The van der Waals surface area contributed by atoms with Gasteiger partial charge < -0.3 is 4.90 Å². The Morgan fingerprint density at radius 3 is 2.59 bits per heavy atom. The second-order valence-corrected chi connectivity index (χ2v) is 5.76. The van der Waals surface area contributed by atoms with Crippen LogP contribution >= 0.6 is 11.6 Å². The summed E-state index contributed by atoms with van der Waals surface area (Å²) < 4.78 is 0. The third kappa shape index (κ3) is 2.39. The quantitative estimate of drug-likeness (QED) is 0.770. The van der Waals surface area contributed by atoms with Crippen LogP contribution in [0.5, 0.6) is 0 Å². The summed E-state index contributed by atoms with van der Waals surface area (Å²) in [7, 11) is 2.11. The zero-order valence-electron chi connectivity index (χ0n) is 10.4. The Morgan fingerprint density at radius 1 is 1.29 bits per heavy atom. The average molecular weight is 252 g/mol. The number of nitrogens with zero attached hydrogens (tertiary/aromatic N) is 3. The molecule has 1 atom stereocenters. The van der Waals surface area contributed by atoms with E-state index in [-0.39, 0.29) is 0 Å². The van der Waals surface area contributed by atoms with Crippen LogP contribution in [0.25, 0.3) is 0 Å². The molecule has 1 aromatic rings. The van der Waals surface area contributed by atoms with Crippen molar-refractivity contribution in [2.45, 2.75) is 44.6 Å². The molecule has 0 radical (unpaired) electrons. The van der Waals surface area contributed by atoms with E-state index in [0.717, 1.165) is 17.6 Å². The third-order valence-electron chi connectivity index (χ3n) is 3.92. The largest absolute Gasteiger partial charge is 0.357 e. The van der Waals surface area contributed by atoms with Crippen molar-refractivity contribution in [3.63, 3.8) is 0 Å². The summed E-state index contributed by atoms with van der Waals surface area (Å²) in [4.78, 5) is 11.2. The lowest BCUT2D eigenvalue weighted by Gasteiger charge is -2.26. The van der Waals surface area contributed by atoms with E-state index in [4.69, 9.17) is 11.6 Å². The van der Waals surface area contributed by atoms with Crippen LogP contribution in [0, 0.1) is 5.92 Å². The van der Waals surface area contributed by atoms with Crippen LogP contribution in [0.15, 0.2) is 6.07 Å². The Morgan fingerprint density at radius 2 is 2.00 bits per heavy atom. The lowest BCUT2D eigenvalue weighted by molar-refractivity contribution is 0.602. The van der Waals surface area contributed by atoms with Crippen molar-refractivity contribution < 1.29 is 0 Å². The van der Waals surface area contributed by atoms with Gasteiger partial charge in [-0.3, -0.25) is 0 Å². The molecule has 3 nitrogen and oxygen atoms in total. The number of halogens is 1. The molecule has 1 unspecified atom stereocenters. The smallest absolute Gasteiger partial charge is 0.135 e. The maximum atomic E-state index is 6.09. The van der Waals surface area contributed by atoms with Crippen molar-refractivity contribution in [1.82, 2.24) is 9.97 Å². The van der Waals surface area contributed by atoms with Crippen LogP contribution in [-0.2, 0) is 0 Å². The molecular formula is C13H18ClN3. The molecule has 3 rings (SSSR count). The van der Waals surface area contributed by atoms with E-state index >= 15 is 0 Å². The molecule has 1 aromatic heterocycles. The first-order valence-corrected chi connectivity index (χ1v) is 6.80. The summed E-state index contributed by atoms with van der Waals surface area (Å²) in [6.45, 7) is 2.27. The molecule has 17 heavy (non-hydrogen) atoms. The van der Waals surface area contributed by atoms with Gasteiger partial charge in [0.1, 0.15) is 16.8 Å². The van der Waals surface area contributed by atoms with Gasteiger partial charge in [-0.2, -0.15) is 0 Å². The fourth-order valence-corrected chi connectivity index (χ4v) is 2.42. The number of aromatic nitrogens is 2. The molecule has 2 aliphatic rings. The van der Waals surface area contributed by atoms with E-state index in [1.807, 2.05) is 6.07 Å². The van der Waals surface area contributed by atoms with E-state index in [2.05, 4.69) is 28.8 Å². The Bertz CT molecular complexity index is 427. The molecule has 92 valence electrons. The van der Waals surface area contributed by atoms with E-state index in [1.54, 1.807) is 0 Å². The number of hydrogen-bond donors (Lipinski definition) is 0. The van der Waals surface area contributed by atoms with Gasteiger partial charge in [0.05, 0.1) is 0 Å². The van der Waals surface area contributed by atoms with Gasteiger partial charge in [-0.1, -0.05) is 11.6 Å². The van der Waals surface area contributed by atoms with Crippen molar-refractivity contribution in [3.05, 3.63) is 17.0 Å². The predicted octanol–water partition coefficient (Wildman–Crippen LogP) is 3.24. The molecule has 2 saturated carbocycles. The molecule has 1 heterocycles. The Kier molecular flexibility index (Phi) is 2.74. The molecule has 0 saturated heterocycles. The van der Waals surface area contributed by atoms with Crippen molar-refractivity contribution in [3.8, 4) is 0 Å². The third-order valence-corrected chi connectivity index (χ3v) is 4.11. The Hall–Kier alpha value is -0.830. The Balaban J connectivity index is 1.84. The zero-order chi connectivity index (χ0) is 12.0. The summed E-state index contributed by atoms with van der Waals surface area (Å²) in [5, 5.41) is 0.576. The minimum absolute atomic E-state index is 0.549. The summed E-state index contributed by atoms with van der Waals surface area (Å²) in [6.07, 6.45) is 5.11. The first-order valence-electron chi connectivity index (χ1n) is 6.42. The lowest BCUT2D eigenvalue weighted by Crippen LogP contribution is -2.31.